The second-order valence-electron chi connectivity index (χ2n) is 7.79. The number of carbonyl (C=O) groups is 2. The number of amides is 2. The first-order valence-corrected chi connectivity index (χ1v) is 10.6. The van der Waals surface area contributed by atoms with Crippen LogP contribution in [0.15, 0.2) is 47.7 Å². The van der Waals surface area contributed by atoms with Crippen molar-refractivity contribution in [2.24, 2.45) is 0 Å². The molecule has 170 valence electrons. The minimum atomic E-state index is -0.664. The minimum Gasteiger partial charge on any atom is -0.497 e. The summed E-state index contributed by atoms with van der Waals surface area (Å²) in [6.45, 7) is 8.04. The molecular weight excluding hydrogens is 408 g/mol. The Bertz CT molecular complexity index is 1040. The van der Waals surface area contributed by atoms with Gasteiger partial charge in [-0.25, -0.2) is 9.59 Å². The summed E-state index contributed by atoms with van der Waals surface area (Å²) < 4.78 is 16.7. The second kappa shape index (κ2) is 9.77. The number of nitrogens with one attached hydrogen (secondary N) is 1. The van der Waals surface area contributed by atoms with Crippen molar-refractivity contribution < 1.29 is 23.8 Å². The fraction of sp³-hybridized carbons (Fsp3) is 0.360. The molecule has 2 aromatic rings. The molecule has 0 saturated carbocycles. The summed E-state index contributed by atoms with van der Waals surface area (Å²) in [5, 5.41) is 2.90. The van der Waals surface area contributed by atoms with E-state index in [-0.39, 0.29) is 19.2 Å². The van der Waals surface area contributed by atoms with E-state index in [1.165, 1.54) is 4.90 Å². The lowest BCUT2D eigenvalue weighted by atomic mass is 9.94. The number of nitrogens with zero attached hydrogens (tertiary/aromatic N) is 1. The molecule has 2 aromatic carbocycles. The van der Waals surface area contributed by atoms with Gasteiger partial charge in [-0.1, -0.05) is 18.2 Å². The largest absolute Gasteiger partial charge is 0.497 e. The Kier molecular flexibility index (Phi) is 7.08. The van der Waals surface area contributed by atoms with Crippen LogP contribution in [0.2, 0.25) is 0 Å². The number of hydrogen-bond donors (Lipinski definition) is 1. The summed E-state index contributed by atoms with van der Waals surface area (Å²) in [7, 11) is 3.20. The summed E-state index contributed by atoms with van der Waals surface area (Å²) in [5.74, 6) is 0.915. The van der Waals surface area contributed by atoms with Crippen molar-refractivity contribution >= 4 is 12.0 Å². The van der Waals surface area contributed by atoms with Gasteiger partial charge < -0.3 is 19.5 Å². The summed E-state index contributed by atoms with van der Waals surface area (Å²) in [4.78, 5) is 27.2. The molecule has 7 nitrogen and oxygen atoms in total. The predicted octanol–water partition coefficient (Wildman–Crippen LogP) is 4.21. The molecular formula is C25H30N2O5. The highest BCUT2D eigenvalue weighted by molar-refractivity contribution is 5.95. The summed E-state index contributed by atoms with van der Waals surface area (Å²) in [5.41, 5.74) is 4.77. The van der Waals surface area contributed by atoms with Crippen LogP contribution in [0, 0.1) is 20.8 Å². The van der Waals surface area contributed by atoms with Gasteiger partial charge in [0.05, 0.1) is 31.0 Å². The number of likely N-dealkylation sites (N-methyl/N-ethyl adjacent to an activating group) is 1. The number of methoxy groups -OCH3 is 1. The Morgan fingerprint density at radius 3 is 2.44 bits per heavy atom. The molecule has 0 fully saturated rings. The third kappa shape index (κ3) is 4.72. The number of urea groups is 1. The fourth-order valence-corrected chi connectivity index (χ4v) is 3.72. The van der Waals surface area contributed by atoms with Gasteiger partial charge in [0.2, 0.25) is 0 Å². The number of esters is 1. The van der Waals surface area contributed by atoms with Crippen LogP contribution in [0.4, 0.5) is 4.79 Å². The van der Waals surface area contributed by atoms with Crippen molar-refractivity contribution in [3.05, 3.63) is 69.9 Å². The first-order valence-electron chi connectivity index (χ1n) is 10.6. The van der Waals surface area contributed by atoms with E-state index >= 15 is 0 Å². The fourth-order valence-electron chi connectivity index (χ4n) is 3.72. The maximum absolute atomic E-state index is 13.0. The molecule has 2 amide bonds. The van der Waals surface area contributed by atoms with Gasteiger partial charge in [-0.05, 0) is 68.1 Å². The zero-order valence-electron chi connectivity index (χ0n) is 19.4. The summed E-state index contributed by atoms with van der Waals surface area (Å²) in [6, 6.07) is 10.3. The van der Waals surface area contributed by atoms with Crippen molar-refractivity contribution in [3.8, 4) is 11.5 Å². The molecule has 0 saturated heterocycles. The van der Waals surface area contributed by atoms with Crippen molar-refractivity contribution in [1.29, 1.82) is 0 Å². The average Bonchev–Trinajstić information content (AvgIpc) is 2.77. The third-order valence-electron chi connectivity index (χ3n) is 5.65. The van der Waals surface area contributed by atoms with E-state index in [0.717, 1.165) is 28.0 Å². The van der Waals surface area contributed by atoms with Gasteiger partial charge in [0.15, 0.2) is 0 Å². The second-order valence-corrected chi connectivity index (χ2v) is 7.79. The van der Waals surface area contributed by atoms with Gasteiger partial charge in [0.25, 0.3) is 0 Å². The van der Waals surface area contributed by atoms with E-state index in [0.29, 0.717) is 17.0 Å². The van der Waals surface area contributed by atoms with Crippen molar-refractivity contribution in [1.82, 2.24) is 10.2 Å². The smallest absolute Gasteiger partial charge is 0.338 e. The molecule has 1 aliphatic heterocycles. The van der Waals surface area contributed by atoms with Crippen molar-refractivity contribution in [2.45, 2.75) is 33.7 Å². The van der Waals surface area contributed by atoms with Crippen LogP contribution >= 0.6 is 0 Å². The molecule has 0 bridgehead atoms. The number of aryl methyl sites for hydroxylation is 2. The monoisotopic (exact) mass is 438 g/mol. The molecule has 32 heavy (non-hydrogen) atoms. The van der Waals surface area contributed by atoms with Gasteiger partial charge in [0.1, 0.15) is 18.1 Å². The van der Waals surface area contributed by atoms with Crippen LogP contribution in [-0.4, -0.2) is 44.3 Å². The Morgan fingerprint density at radius 2 is 1.81 bits per heavy atom. The zero-order valence-corrected chi connectivity index (χ0v) is 19.4. The van der Waals surface area contributed by atoms with Gasteiger partial charge in [-0.15, -0.1) is 0 Å². The summed E-state index contributed by atoms with van der Waals surface area (Å²) >= 11 is 0. The van der Waals surface area contributed by atoms with Crippen LogP contribution < -0.4 is 14.8 Å². The van der Waals surface area contributed by atoms with Crippen LogP contribution in [0.25, 0.3) is 0 Å². The van der Waals surface area contributed by atoms with E-state index in [9.17, 15) is 9.59 Å². The van der Waals surface area contributed by atoms with E-state index in [4.69, 9.17) is 14.2 Å². The number of hydrogen-bond acceptors (Lipinski definition) is 5. The number of carbonyl (C=O) groups excluding carboxylic acids is 2. The molecule has 7 heteroatoms. The molecule has 0 aromatic heterocycles. The Balaban J connectivity index is 2.05. The molecule has 0 spiro atoms. The standard InChI is InChI=1S/C25H30N2O5/c1-7-31-24(28)22-20(14-32-21-13-15(2)12-16(3)17(21)4)27(5)25(29)26-23(22)18-8-10-19(30-6)11-9-18/h8-13,23H,7,14H2,1-6H3,(H,26,29)/t23-/m1/s1. The lowest BCUT2D eigenvalue weighted by Gasteiger charge is -2.34. The Morgan fingerprint density at radius 1 is 1.12 bits per heavy atom. The normalized spacial score (nSPS) is 16.0. The lowest BCUT2D eigenvalue weighted by molar-refractivity contribution is -0.139. The quantitative estimate of drug-likeness (QED) is 0.655. The van der Waals surface area contributed by atoms with Crippen LogP contribution in [-0.2, 0) is 9.53 Å². The highest BCUT2D eigenvalue weighted by Gasteiger charge is 2.37. The number of rotatable bonds is 7. The molecule has 3 rings (SSSR count). The molecule has 1 N–H and O–H groups in total. The first kappa shape index (κ1) is 23.2. The maximum atomic E-state index is 13.0. The maximum Gasteiger partial charge on any atom is 0.338 e. The highest BCUT2D eigenvalue weighted by atomic mass is 16.5. The molecule has 1 heterocycles. The van der Waals surface area contributed by atoms with Gasteiger partial charge in [-0.2, -0.15) is 0 Å². The summed E-state index contributed by atoms with van der Waals surface area (Å²) in [6.07, 6.45) is 0. The topological polar surface area (TPSA) is 77.1 Å². The highest BCUT2D eigenvalue weighted by Crippen LogP contribution is 2.33. The van der Waals surface area contributed by atoms with E-state index in [1.807, 2.05) is 39.0 Å². The first-order chi connectivity index (χ1) is 15.3. The van der Waals surface area contributed by atoms with Crippen LogP contribution in [0.3, 0.4) is 0 Å². The van der Waals surface area contributed by atoms with Gasteiger partial charge in [-0.3, -0.25) is 4.90 Å². The zero-order chi connectivity index (χ0) is 23.4. The van der Waals surface area contributed by atoms with E-state index in [2.05, 4.69) is 11.4 Å². The van der Waals surface area contributed by atoms with Gasteiger partial charge >= 0.3 is 12.0 Å². The van der Waals surface area contributed by atoms with Crippen molar-refractivity contribution in [2.75, 3.05) is 27.4 Å². The van der Waals surface area contributed by atoms with Crippen LogP contribution in [0.5, 0.6) is 11.5 Å². The van der Waals surface area contributed by atoms with Crippen molar-refractivity contribution in [3.63, 3.8) is 0 Å². The molecule has 0 aliphatic carbocycles. The molecule has 0 radical (unpaired) electrons. The lowest BCUT2D eigenvalue weighted by Crippen LogP contribution is -2.48. The SMILES string of the molecule is CCOC(=O)C1=C(COc2cc(C)cc(C)c2C)N(C)C(=O)N[C@@H]1c1ccc(OC)cc1. The predicted molar refractivity (Wildman–Crippen MR) is 122 cm³/mol. The van der Waals surface area contributed by atoms with E-state index in [1.54, 1.807) is 33.2 Å². The van der Waals surface area contributed by atoms with Gasteiger partial charge in [0, 0.05) is 7.05 Å². The Hall–Kier alpha value is -3.48. The van der Waals surface area contributed by atoms with Crippen LogP contribution in [0.1, 0.15) is 35.2 Å². The molecule has 1 aliphatic rings. The third-order valence-corrected chi connectivity index (χ3v) is 5.65. The molecule has 1 atom stereocenters. The number of ether oxygens (including phenoxy) is 3. The number of benzene rings is 2. The minimum absolute atomic E-state index is 0.0501. The average molecular weight is 439 g/mol. The molecule has 0 unspecified atom stereocenters. The Labute approximate surface area is 189 Å². The van der Waals surface area contributed by atoms with E-state index < -0.39 is 12.0 Å².